The molecule has 1 aliphatic rings. The van der Waals surface area contributed by atoms with Gasteiger partial charge in [0.1, 0.15) is 10.3 Å². The van der Waals surface area contributed by atoms with Gasteiger partial charge in [-0.2, -0.15) is 9.97 Å². The minimum Gasteiger partial charge on any atom is -0.280 e. The molecule has 110 valence electrons. The fourth-order valence-corrected chi connectivity index (χ4v) is 3.36. The molecule has 2 heterocycles. The molecule has 1 aromatic rings. The Morgan fingerprint density at radius 3 is 2.40 bits per heavy atom. The molecule has 11 heteroatoms. The maximum Gasteiger partial charge on any atom is 0.235 e. The fraction of sp³-hybridized carbons (Fsp3) is 0.444. The first-order valence-electron chi connectivity index (χ1n) is 5.36. The van der Waals surface area contributed by atoms with E-state index in [9.17, 15) is 13.2 Å². The van der Waals surface area contributed by atoms with Crippen LogP contribution in [0.5, 0.6) is 0 Å². The number of hydrogen-bond donors (Lipinski definition) is 1. The largest absolute Gasteiger partial charge is 0.280 e. The maximum atomic E-state index is 11.9. The molecule has 20 heavy (non-hydrogen) atoms. The topological polar surface area (TPSA) is 106 Å². The van der Waals surface area contributed by atoms with Crippen LogP contribution in [0, 0.1) is 5.92 Å². The van der Waals surface area contributed by atoms with Crippen molar-refractivity contribution in [1.29, 1.82) is 0 Å². The molecule has 1 fully saturated rings. The Morgan fingerprint density at radius 2 is 1.90 bits per heavy atom. The van der Waals surface area contributed by atoms with E-state index < -0.39 is 15.9 Å². The number of hydrogen-bond acceptors (Lipinski definition) is 5. The number of nitrogens with two attached hydrogens (primary N) is 1. The highest BCUT2D eigenvalue weighted by molar-refractivity contribution is 9.10. The van der Waals surface area contributed by atoms with E-state index in [0.717, 1.165) is 0 Å². The van der Waals surface area contributed by atoms with Crippen LogP contribution in [0.2, 0.25) is 10.3 Å². The van der Waals surface area contributed by atoms with Gasteiger partial charge in [0.05, 0.1) is 10.2 Å². The van der Waals surface area contributed by atoms with Gasteiger partial charge in [0.25, 0.3) is 0 Å². The van der Waals surface area contributed by atoms with E-state index in [4.69, 9.17) is 28.3 Å². The molecule has 7 nitrogen and oxygen atoms in total. The number of aromatic nitrogens is 2. The van der Waals surface area contributed by atoms with Gasteiger partial charge in [0.2, 0.25) is 21.9 Å². The number of rotatable bonds is 3. The van der Waals surface area contributed by atoms with Gasteiger partial charge >= 0.3 is 0 Å². The predicted octanol–water partition coefficient (Wildman–Crippen LogP) is 1.19. The highest BCUT2D eigenvalue weighted by Crippen LogP contribution is 2.31. The summed E-state index contributed by atoms with van der Waals surface area (Å²) in [5.74, 6) is -0.923. The van der Waals surface area contributed by atoms with Gasteiger partial charge < -0.3 is 0 Å². The number of halogens is 3. The molecule has 0 aromatic carbocycles. The second-order valence-corrected chi connectivity index (χ2v) is 7.49. The Kier molecular flexibility index (Phi) is 4.55. The lowest BCUT2D eigenvalue weighted by Gasteiger charge is -2.15. The third-order valence-electron chi connectivity index (χ3n) is 2.67. The molecule has 2 rings (SSSR count). The van der Waals surface area contributed by atoms with Crippen molar-refractivity contribution < 1.29 is 13.2 Å². The number of sulfonamides is 1. The molecule has 1 amide bonds. The molecule has 1 unspecified atom stereocenters. The quantitative estimate of drug-likeness (QED) is 0.762. The first kappa shape index (κ1) is 15.9. The number of nitrogens with zero attached hydrogens (tertiary/aromatic N) is 3. The zero-order valence-electron chi connectivity index (χ0n) is 9.88. The smallest absolute Gasteiger partial charge is 0.235 e. The Balaban J connectivity index is 2.24. The molecule has 0 saturated carbocycles. The summed E-state index contributed by atoms with van der Waals surface area (Å²) in [6, 6.07) is 0. The lowest BCUT2D eigenvalue weighted by Crippen LogP contribution is -2.29. The summed E-state index contributed by atoms with van der Waals surface area (Å²) < 4.78 is 22.4. The number of amides is 1. The van der Waals surface area contributed by atoms with Crippen molar-refractivity contribution in [3.63, 3.8) is 0 Å². The number of anilines is 1. The van der Waals surface area contributed by atoms with E-state index in [-0.39, 0.29) is 40.9 Å². The number of primary sulfonamides is 1. The molecule has 0 bridgehead atoms. The van der Waals surface area contributed by atoms with Crippen LogP contribution in [0.3, 0.4) is 0 Å². The van der Waals surface area contributed by atoms with Gasteiger partial charge in [-0.3, -0.25) is 9.69 Å². The third kappa shape index (κ3) is 3.59. The highest BCUT2D eigenvalue weighted by atomic mass is 79.9. The van der Waals surface area contributed by atoms with Gasteiger partial charge in [-0.25, -0.2) is 13.6 Å². The van der Waals surface area contributed by atoms with Crippen molar-refractivity contribution >= 4 is 61.0 Å². The predicted molar refractivity (Wildman–Crippen MR) is 78.2 cm³/mol. The van der Waals surface area contributed by atoms with Crippen molar-refractivity contribution in [2.75, 3.05) is 17.2 Å². The van der Waals surface area contributed by atoms with E-state index in [1.165, 1.54) is 4.90 Å². The van der Waals surface area contributed by atoms with Crippen molar-refractivity contribution in [3.05, 3.63) is 14.8 Å². The fourth-order valence-electron chi connectivity index (χ4n) is 1.92. The summed E-state index contributed by atoms with van der Waals surface area (Å²) >= 11 is 14.8. The van der Waals surface area contributed by atoms with E-state index in [0.29, 0.717) is 4.47 Å². The zero-order chi connectivity index (χ0) is 15.1. The summed E-state index contributed by atoms with van der Waals surface area (Å²) in [6.07, 6.45) is 0.0606. The Hall–Kier alpha value is -0.480. The first-order valence-corrected chi connectivity index (χ1v) is 8.63. The molecule has 1 atom stereocenters. The van der Waals surface area contributed by atoms with Crippen LogP contribution >= 0.6 is 39.1 Å². The van der Waals surface area contributed by atoms with Crippen LogP contribution in [0.1, 0.15) is 6.42 Å². The van der Waals surface area contributed by atoms with E-state index >= 15 is 0 Å². The minimum absolute atomic E-state index is 0.0464. The molecule has 0 radical (unpaired) electrons. The normalized spacial score (nSPS) is 19.7. The molecule has 0 aliphatic carbocycles. The molecule has 1 saturated heterocycles. The maximum absolute atomic E-state index is 11.9. The molecular formula is C9H9BrCl2N4O3S. The van der Waals surface area contributed by atoms with Crippen molar-refractivity contribution in [2.45, 2.75) is 6.42 Å². The van der Waals surface area contributed by atoms with Crippen LogP contribution in [0.4, 0.5) is 5.95 Å². The van der Waals surface area contributed by atoms with E-state index in [2.05, 4.69) is 25.9 Å². The third-order valence-corrected chi connectivity index (χ3v) is 5.36. The van der Waals surface area contributed by atoms with Crippen LogP contribution < -0.4 is 10.0 Å². The molecule has 1 aromatic heterocycles. The monoisotopic (exact) mass is 402 g/mol. The summed E-state index contributed by atoms with van der Waals surface area (Å²) in [6.45, 7) is 0.156. The molecule has 1 aliphatic heterocycles. The highest BCUT2D eigenvalue weighted by Gasteiger charge is 2.34. The lowest BCUT2D eigenvalue weighted by atomic mass is 10.1. The minimum atomic E-state index is -3.64. The van der Waals surface area contributed by atoms with Crippen LogP contribution in [-0.4, -0.2) is 36.6 Å². The summed E-state index contributed by atoms with van der Waals surface area (Å²) in [7, 11) is -3.64. The molecule has 2 N–H and O–H groups in total. The van der Waals surface area contributed by atoms with Gasteiger partial charge in [0, 0.05) is 18.9 Å². The Labute approximate surface area is 133 Å². The summed E-state index contributed by atoms with van der Waals surface area (Å²) in [4.78, 5) is 21.0. The van der Waals surface area contributed by atoms with Crippen LogP contribution in [0.15, 0.2) is 4.47 Å². The number of carbonyl (C=O) groups is 1. The Bertz CT molecular complexity index is 646. The van der Waals surface area contributed by atoms with E-state index in [1.807, 2.05) is 0 Å². The van der Waals surface area contributed by atoms with E-state index in [1.54, 1.807) is 0 Å². The second-order valence-electron chi connectivity index (χ2n) is 4.32. The summed E-state index contributed by atoms with van der Waals surface area (Å²) in [5, 5.41) is 5.12. The molecular weight excluding hydrogens is 395 g/mol. The lowest BCUT2D eigenvalue weighted by molar-refractivity contribution is -0.117. The Morgan fingerprint density at radius 1 is 1.35 bits per heavy atom. The van der Waals surface area contributed by atoms with Crippen LogP contribution in [0.25, 0.3) is 0 Å². The number of carbonyl (C=O) groups excluding carboxylic acids is 1. The van der Waals surface area contributed by atoms with Gasteiger partial charge in [-0.15, -0.1) is 0 Å². The zero-order valence-corrected chi connectivity index (χ0v) is 13.8. The van der Waals surface area contributed by atoms with Crippen LogP contribution in [-0.2, 0) is 14.8 Å². The van der Waals surface area contributed by atoms with Gasteiger partial charge in [0.15, 0.2) is 0 Å². The van der Waals surface area contributed by atoms with Crippen molar-refractivity contribution in [2.24, 2.45) is 11.1 Å². The second kappa shape index (κ2) is 5.72. The first-order chi connectivity index (χ1) is 9.17. The van der Waals surface area contributed by atoms with Gasteiger partial charge in [-0.05, 0) is 15.9 Å². The average Bonchev–Trinajstić information content (AvgIpc) is 2.63. The van der Waals surface area contributed by atoms with Crippen molar-refractivity contribution in [1.82, 2.24) is 9.97 Å². The standard InChI is InChI=1S/C9H9BrCl2N4O3S/c10-6-7(11)14-9(15-8(6)12)16-2-4(1-5(16)17)3-20(13,18)19/h4H,1-3H2,(H2,13,18,19). The summed E-state index contributed by atoms with van der Waals surface area (Å²) in [5.41, 5.74) is 0. The SMILES string of the molecule is NS(=O)(=O)CC1CC(=O)N(c2nc(Cl)c(Br)c(Cl)n2)C1. The van der Waals surface area contributed by atoms with Crippen molar-refractivity contribution in [3.8, 4) is 0 Å². The molecule has 0 spiro atoms. The average molecular weight is 404 g/mol. The van der Waals surface area contributed by atoms with Gasteiger partial charge in [-0.1, -0.05) is 23.2 Å².